The predicted octanol–water partition coefficient (Wildman–Crippen LogP) is 2.18. The van der Waals surface area contributed by atoms with Gasteiger partial charge in [0.2, 0.25) is 0 Å². The summed E-state index contributed by atoms with van der Waals surface area (Å²) >= 11 is 0. The number of hydrogen-bond acceptors (Lipinski definition) is 3. The van der Waals surface area contributed by atoms with Gasteiger partial charge in [0, 0.05) is 22.1 Å². The molecule has 19 heavy (non-hydrogen) atoms. The average molecular weight is 279 g/mol. The van der Waals surface area contributed by atoms with Gasteiger partial charge in [-0.3, -0.25) is 4.21 Å². The lowest BCUT2D eigenvalue weighted by Crippen LogP contribution is -2.37. The lowest BCUT2D eigenvalue weighted by molar-refractivity contribution is 0.410. The molecule has 1 saturated heterocycles. The van der Waals surface area contributed by atoms with Crippen LogP contribution in [0, 0.1) is 0 Å². The van der Waals surface area contributed by atoms with Crippen molar-refractivity contribution in [3.05, 3.63) is 29.3 Å². The number of benzene rings is 1. The number of fused-ring (bicyclic) bond motifs is 3. The molecule has 1 aromatic carbocycles. The van der Waals surface area contributed by atoms with Crippen molar-refractivity contribution < 1.29 is 8.95 Å². The average Bonchev–Trinajstić information content (AvgIpc) is 2.59. The third kappa shape index (κ3) is 2.32. The Bertz CT molecular complexity index is 503. The second-order valence-corrected chi connectivity index (χ2v) is 7.57. The Morgan fingerprint density at radius 2 is 2.21 bits per heavy atom. The summed E-state index contributed by atoms with van der Waals surface area (Å²) in [6.07, 6.45) is 3.05. The Balaban J connectivity index is 2.00. The smallest absolute Gasteiger partial charge is 0.119 e. The summed E-state index contributed by atoms with van der Waals surface area (Å²) in [6, 6.07) is 6.52. The minimum atomic E-state index is -0.738. The van der Waals surface area contributed by atoms with Crippen molar-refractivity contribution in [2.24, 2.45) is 0 Å². The van der Waals surface area contributed by atoms with Crippen LogP contribution in [0.15, 0.2) is 18.2 Å². The summed E-state index contributed by atoms with van der Waals surface area (Å²) in [5.41, 5.74) is 2.67. The van der Waals surface area contributed by atoms with Crippen molar-refractivity contribution in [2.45, 2.75) is 42.7 Å². The second-order valence-electron chi connectivity index (χ2n) is 5.50. The van der Waals surface area contributed by atoms with Crippen molar-refractivity contribution in [1.29, 1.82) is 0 Å². The van der Waals surface area contributed by atoms with E-state index in [-0.39, 0.29) is 11.3 Å². The fourth-order valence-electron chi connectivity index (χ4n) is 3.23. The zero-order valence-electron chi connectivity index (χ0n) is 11.5. The quantitative estimate of drug-likeness (QED) is 0.856. The summed E-state index contributed by atoms with van der Waals surface area (Å²) in [5, 5.41) is 4.15. The van der Waals surface area contributed by atoms with Crippen LogP contribution >= 0.6 is 0 Å². The number of nitrogens with one attached hydrogen (secondary N) is 1. The first-order chi connectivity index (χ1) is 9.20. The van der Waals surface area contributed by atoms with Gasteiger partial charge in [0.1, 0.15) is 5.75 Å². The number of ether oxygens (including phenoxy) is 1. The van der Waals surface area contributed by atoms with Gasteiger partial charge in [-0.2, -0.15) is 0 Å². The predicted molar refractivity (Wildman–Crippen MR) is 78.1 cm³/mol. The summed E-state index contributed by atoms with van der Waals surface area (Å²) in [4.78, 5) is 0. The molecule has 1 aliphatic heterocycles. The Kier molecular flexibility index (Phi) is 3.63. The first-order valence-corrected chi connectivity index (χ1v) is 8.28. The molecule has 104 valence electrons. The molecule has 1 heterocycles. The van der Waals surface area contributed by atoms with E-state index < -0.39 is 10.8 Å². The van der Waals surface area contributed by atoms with E-state index >= 15 is 0 Å². The molecular formula is C15H21NO2S. The van der Waals surface area contributed by atoms with E-state index in [1.165, 1.54) is 11.1 Å². The van der Waals surface area contributed by atoms with Crippen molar-refractivity contribution in [1.82, 2.24) is 5.32 Å². The zero-order valence-corrected chi connectivity index (χ0v) is 12.3. The Labute approximate surface area is 117 Å². The molecule has 0 bridgehead atoms. The van der Waals surface area contributed by atoms with Gasteiger partial charge in [-0.15, -0.1) is 0 Å². The van der Waals surface area contributed by atoms with Crippen LogP contribution in [-0.4, -0.2) is 28.4 Å². The maximum absolute atomic E-state index is 12.6. The highest BCUT2D eigenvalue weighted by Crippen LogP contribution is 2.37. The molecule has 4 atom stereocenters. The van der Waals surface area contributed by atoms with Crippen LogP contribution in [-0.2, 0) is 17.2 Å². The molecule has 0 saturated carbocycles. The van der Waals surface area contributed by atoms with E-state index in [1.54, 1.807) is 7.11 Å². The maximum Gasteiger partial charge on any atom is 0.119 e. The Hall–Kier alpha value is -0.870. The fraction of sp³-hybridized carbons (Fsp3) is 0.600. The number of hydrogen-bond donors (Lipinski definition) is 1. The molecule has 0 amide bonds. The van der Waals surface area contributed by atoms with E-state index in [0.717, 1.165) is 31.6 Å². The normalized spacial score (nSPS) is 34.0. The summed E-state index contributed by atoms with van der Waals surface area (Å²) in [7, 11) is 0.959. The van der Waals surface area contributed by atoms with Crippen LogP contribution in [0.25, 0.3) is 0 Å². The first-order valence-electron chi connectivity index (χ1n) is 7.00. The van der Waals surface area contributed by atoms with Crippen molar-refractivity contribution in [2.75, 3.05) is 13.7 Å². The summed E-state index contributed by atoms with van der Waals surface area (Å²) < 4.78 is 17.9. The number of rotatable bonds is 1. The highest BCUT2D eigenvalue weighted by molar-refractivity contribution is 7.86. The van der Waals surface area contributed by atoms with Crippen molar-refractivity contribution >= 4 is 10.8 Å². The molecule has 0 radical (unpaired) electrons. The largest absolute Gasteiger partial charge is 0.497 e. The van der Waals surface area contributed by atoms with E-state index in [1.807, 2.05) is 6.07 Å². The molecule has 2 aliphatic rings. The van der Waals surface area contributed by atoms with Gasteiger partial charge in [-0.05, 0) is 49.1 Å². The van der Waals surface area contributed by atoms with Gasteiger partial charge in [0.15, 0.2) is 0 Å². The minimum absolute atomic E-state index is 0.227. The van der Waals surface area contributed by atoms with E-state index in [2.05, 4.69) is 24.4 Å². The van der Waals surface area contributed by atoms with E-state index in [9.17, 15) is 4.21 Å². The number of aryl methyl sites for hydroxylation is 1. The SMILES string of the molecule is COc1ccc2c(c1)C1NCCC(C)S(=O)C1CC2. The highest BCUT2D eigenvalue weighted by atomic mass is 32.2. The Morgan fingerprint density at radius 3 is 3.00 bits per heavy atom. The molecule has 3 nitrogen and oxygen atoms in total. The number of methoxy groups -OCH3 is 1. The van der Waals surface area contributed by atoms with Gasteiger partial charge in [0.25, 0.3) is 0 Å². The van der Waals surface area contributed by atoms with Crippen LogP contribution in [0.5, 0.6) is 5.75 Å². The van der Waals surface area contributed by atoms with Crippen molar-refractivity contribution in [3.8, 4) is 5.75 Å². The monoisotopic (exact) mass is 279 g/mol. The summed E-state index contributed by atoms with van der Waals surface area (Å²) in [5.74, 6) is 0.893. The molecule has 1 aromatic rings. The molecule has 1 aliphatic carbocycles. The first kappa shape index (κ1) is 13.1. The van der Waals surface area contributed by atoms with Crippen LogP contribution in [0.4, 0.5) is 0 Å². The molecule has 4 unspecified atom stereocenters. The van der Waals surface area contributed by atoms with Gasteiger partial charge < -0.3 is 10.1 Å². The second kappa shape index (κ2) is 5.25. The summed E-state index contributed by atoms with van der Waals surface area (Å²) in [6.45, 7) is 3.06. The molecule has 0 spiro atoms. The highest BCUT2D eigenvalue weighted by Gasteiger charge is 2.37. The standard InChI is InChI=1S/C15H21NO2S/c1-10-7-8-16-15-13-9-12(18-2)5-3-11(13)4-6-14(15)19(10)17/h3,5,9-10,14-16H,4,6-8H2,1-2H3. The van der Waals surface area contributed by atoms with Crippen LogP contribution in [0.2, 0.25) is 0 Å². The molecular weight excluding hydrogens is 258 g/mol. The van der Waals surface area contributed by atoms with Gasteiger partial charge in [-0.1, -0.05) is 13.0 Å². The maximum atomic E-state index is 12.6. The molecule has 1 N–H and O–H groups in total. The third-order valence-electron chi connectivity index (χ3n) is 4.37. The van der Waals surface area contributed by atoms with Crippen LogP contribution in [0.3, 0.4) is 0 Å². The lowest BCUT2D eigenvalue weighted by atomic mass is 9.87. The fourth-order valence-corrected chi connectivity index (χ4v) is 5.04. The van der Waals surface area contributed by atoms with Gasteiger partial charge in [-0.25, -0.2) is 0 Å². The van der Waals surface area contributed by atoms with Crippen molar-refractivity contribution in [3.63, 3.8) is 0 Å². The van der Waals surface area contributed by atoms with Gasteiger partial charge in [0.05, 0.1) is 12.4 Å². The molecule has 0 aromatic heterocycles. The van der Waals surface area contributed by atoms with E-state index in [4.69, 9.17) is 4.74 Å². The molecule has 3 rings (SSSR count). The van der Waals surface area contributed by atoms with E-state index in [0.29, 0.717) is 5.25 Å². The topological polar surface area (TPSA) is 38.3 Å². The molecule has 1 fully saturated rings. The zero-order chi connectivity index (χ0) is 13.4. The third-order valence-corrected chi connectivity index (χ3v) is 6.50. The minimum Gasteiger partial charge on any atom is -0.497 e. The van der Waals surface area contributed by atoms with Crippen LogP contribution in [0.1, 0.15) is 36.9 Å². The van der Waals surface area contributed by atoms with Crippen LogP contribution < -0.4 is 10.1 Å². The molecule has 4 heteroatoms. The van der Waals surface area contributed by atoms with Gasteiger partial charge >= 0.3 is 0 Å². The lowest BCUT2D eigenvalue weighted by Gasteiger charge is -2.32. The Morgan fingerprint density at radius 1 is 1.37 bits per heavy atom.